The summed E-state index contributed by atoms with van der Waals surface area (Å²) in [5.41, 5.74) is 2.02. The quantitative estimate of drug-likeness (QED) is 0.658. The standard InChI is InChI=1S/C21H19FN2O2/c22-17-8-2-1-6-15(17)11-12-20(25)24-13-5-7-16(14-24)21-23-18-9-3-4-10-19(18)26-21/h1-4,6,8-12,16H,5,7,13-14H2/b12-11-/t16-/m1/s1. The topological polar surface area (TPSA) is 46.3 Å². The van der Waals surface area contributed by atoms with Crippen molar-refractivity contribution in [2.45, 2.75) is 18.8 Å². The minimum Gasteiger partial charge on any atom is -0.440 e. The Morgan fingerprint density at radius 1 is 1.19 bits per heavy atom. The Hall–Kier alpha value is -2.95. The van der Waals surface area contributed by atoms with Crippen molar-refractivity contribution in [1.29, 1.82) is 0 Å². The van der Waals surface area contributed by atoms with Crippen molar-refractivity contribution < 1.29 is 13.6 Å². The average molecular weight is 350 g/mol. The molecular formula is C21H19FN2O2. The van der Waals surface area contributed by atoms with Gasteiger partial charge in [0.25, 0.3) is 0 Å². The van der Waals surface area contributed by atoms with Gasteiger partial charge < -0.3 is 9.32 Å². The molecule has 1 fully saturated rings. The summed E-state index contributed by atoms with van der Waals surface area (Å²) < 4.78 is 19.5. The highest BCUT2D eigenvalue weighted by Crippen LogP contribution is 2.29. The first kappa shape index (κ1) is 16.5. The number of carbonyl (C=O) groups excluding carboxylic acids is 1. The van der Waals surface area contributed by atoms with E-state index in [-0.39, 0.29) is 17.6 Å². The summed E-state index contributed by atoms with van der Waals surface area (Å²) in [6.07, 6.45) is 4.80. The molecular weight excluding hydrogens is 331 g/mol. The second kappa shape index (κ2) is 7.12. The van der Waals surface area contributed by atoms with Crippen molar-refractivity contribution in [3.8, 4) is 0 Å². The molecule has 5 heteroatoms. The fourth-order valence-electron chi connectivity index (χ4n) is 3.32. The highest BCUT2D eigenvalue weighted by molar-refractivity contribution is 5.91. The van der Waals surface area contributed by atoms with Gasteiger partial charge in [-0.2, -0.15) is 0 Å². The van der Waals surface area contributed by atoms with E-state index < -0.39 is 0 Å². The fraction of sp³-hybridized carbons (Fsp3) is 0.238. The molecule has 1 aromatic heterocycles. The molecule has 4 rings (SSSR count). The third-order valence-corrected chi connectivity index (χ3v) is 4.70. The highest BCUT2D eigenvalue weighted by atomic mass is 19.1. The Balaban J connectivity index is 1.47. The number of aromatic nitrogens is 1. The average Bonchev–Trinajstić information content (AvgIpc) is 3.11. The van der Waals surface area contributed by atoms with E-state index in [0.29, 0.717) is 24.5 Å². The fourth-order valence-corrected chi connectivity index (χ4v) is 3.32. The molecule has 0 saturated carbocycles. The molecule has 0 N–H and O–H groups in total. The lowest BCUT2D eigenvalue weighted by Crippen LogP contribution is -2.38. The van der Waals surface area contributed by atoms with Gasteiger partial charge in [-0.15, -0.1) is 0 Å². The number of likely N-dealkylation sites (tertiary alicyclic amines) is 1. The molecule has 26 heavy (non-hydrogen) atoms. The summed E-state index contributed by atoms with van der Waals surface area (Å²) in [5, 5.41) is 0. The summed E-state index contributed by atoms with van der Waals surface area (Å²) in [4.78, 5) is 18.8. The van der Waals surface area contributed by atoms with Crippen molar-refractivity contribution in [1.82, 2.24) is 9.88 Å². The van der Waals surface area contributed by atoms with Crippen LogP contribution in [0.15, 0.2) is 59.0 Å². The molecule has 0 radical (unpaired) electrons. The van der Waals surface area contributed by atoms with E-state index >= 15 is 0 Å². The predicted octanol–water partition coefficient (Wildman–Crippen LogP) is 4.39. The lowest BCUT2D eigenvalue weighted by molar-refractivity contribution is -0.127. The largest absolute Gasteiger partial charge is 0.440 e. The highest BCUT2D eigenvalue weighted by Gasteiger charge is 2.27. The molecule has 1 amide bonds. The van der Waals surface area contributed by atoms with Crippen LogP contribution in [0.3, 0.4) is 0 Å². The summed E-state index contributed by atoms with van der Waals surface area (Å²) in [5.74, 6) is 0.317. The van der Waals surface area contributed by atoms with Crippen molar-refractivity contribution >= 4 is 23.1 Å². The molecule has 1 atom stereocenters. The molecule has 0 aliphatic carbocycles. The van der Waals surface area contributed by atoms with Gasteiger partial charge in [0.2, 0.25) is 5.91 Å². The van der Waals surface area contributed by atoms with Gasteiger partial charge in [-0.05, 0) is 37.1 Å². The number of halogens is 1. The van der Waals surface area contributed by atoms with Crippen molar-refractivity contribution in [2.75, 3.05) is 13.1 Å². The van der Waals surface area contributed by atoms with Gasteiger partial charge in [-0.1, -0.05) is 30.3 Å². The number of para-hydroxylation sites is 2. The minimum absolute atomic E-state index is 0.0851. The first-order valence-electron chi connectivity index (χ1n) is 8.78. The van der Waals surface area contributed by atoms with Gasteiger partial charge in [-0.25, -0.2) is 9.37 Å². The second-order valence-corrected chi connectivity index (χ2v) is 6.50. The van der Waals surface area contributed by atoms with Crippen molar-refractivity contribution in [3.05, 3.63) is 71.9 Å². The Bertz CT molecular complexity index is 930. The molecule has 3 aromatic rings. The minimum atomic E-state index is -0.334. The van der Waals surface area contributed by atoms with Crippen LogP contribution < -0.4 is 0 Å². The number of hydrogen-bond acceptors (Lipinski definition) is 3. The zero-order valence-corrected chi connectivity index (χ0v) is 14.3. The van der Waals surface area contributed by atoms with Crippen LogP contribution in [0.1, 0.15) is 30.2 Å². The van der Waals surface area contributed by atoms with E-state index in [1.54, 1.807) is 23.1 Å². The molecule has 132 valence electrons. The first-order chi connectivity index (χ1) is 12.7. The van der Waals surface area contributed by atoms with E-state index in [1.165, 1.54) is 18.2 Å². The molecule has 0 bridgehead atoms. The van der Waals surface area contributed by atoms with Gasteiger partial charge in [0.15, 0.2) is 11.5 Å². The Morgan fingerprint density at radius 2 is 2.00 bits per heavy atom. The maximum atomic E-state index is 13.7. The number of fused-ring (bicyclic) bond motifs is 1. The van der Waals surface area contributed by atoms with E-state index in [9.17, 15) is 9.18 Å². The van der Waals surface area contributed by atoms with Crippen LogP contribution in [0.2, 0.25) is 0 Å². The van der Waals surface area contributed by atoms with E-state index in [4.69, 9.17) is 4.42 Å². The van der Waals surface area contributed by atoms with Gasteiger partial charge in [0, 0.05) is 24.7 Å². The molecule has 2 aromatic carbocycles. The van der Waals surface area contributed by atoms with E-state index in [1.807, 2.05) is 24.3 Å². The zero-order chi connectivity index (χ0) is 17.9. The van der Waals surface area contributed by atoms with Gasteiger partial charge in [0.1, 0.15) is 11.3 Å². The van der Waals surface area contributed by atoms with E-state index in [2.05, 4.69) is 4.98 Å². The summed E-state index contributed by atoms with van der Waals surface area (Å²) in [6.45, 7) is 1.25. The maximum absolute atomic E-state index is 13.7. The lowest BCUT2D eigenvalue weighted by Gasteiger charge is -2.30. The predicted molar refractivity (Wildman–Crippen MR) is 98.0 cm³/mol. The van der Waals surface area contributed by atoms with Crippen LogP contribution in [0.5, 0.6) is 0 Å². The normalized spacial score (nSPS) is 17.9. The number of carbonyl (C=O) groups is 1. The van der Waals surface area contributed by atoms with Gasteiger partial charge >= 0.3 is 0 Å². The SMILES string of the molecule is O=C(/C=C\c1ccccc1F)N1CCC[C@@H](c2nc3ccccc3o2)C1. The van der Waals surface area contributed by atoms with E-state index in [0.717, 1.165) is 23.9 Å². The number of piperidine rings is 1. The monoisotopic (exact) mass is 350 g/mol. The number of amides is 1. The number of benzene rings is 2. The van der Waals surface area contributed by atoms with Gasteiger partial charge in [0.05, 0.1) is 5.92 Å². The van der Waals surface area contributed by atoms with Crippen LogP contribution >= 0.6 is 0 Å². The Morgan fingerprint density at radius 3 is 2.85 bits per heavy atom. The van der Waals surface area contributed by atoms with Crippen LogP contribution in [0.4, 0.5) is 4.39 Å². The summed E-state index contributed by atoms with van der Waals surface area (Å²) in [7, 11) is 0. The first-order valence-corrected chi connectivity index (χ1v) is 8.78. The molecule has 0 spiro atoms. The smallest absolute Gasteiger partial charge is 0.246 e. The third-order valence-electron chi connectivity index (χ3n) is 4.70. The van der Waals surface area contributed by atoms with Crippen LogP contribution in [0, 0.1) is 5.82 Å². The van der Waals surface area contributed by atoms with Crippen LogP contribution in [-0.4, -0.2) is 28.9 Å². The lowest BCUT2D eigenvalue weighted by atomic mass is 9.98. The zero-order valence-electron chi connectivity index (χ0n) is 14.3. The maximum Gasteiger partial charge on any atom is 0.246 e. The molecule has 1 aliphatic rings. The number of oxazole rings is 1. The summed E-state index contributed by atoms with van der Waals surface area (Å²) in [6, 6.07) is 14.1. The molecule has 2 heterocycles. The molecule has 1 saturated heterocycles. The van der Waals surface area contributed by atoms with Gasteiger partial charge in [-0.3, -0.25) is 4.79 Å². The van der Waals surface area contributed by atoms with Crippen molar-refractivity contribution in [2.24, 2.45) is 0 Å². The Labute approximate surface area is 150 Å². The number of hydrogen-bond donors (Lipinski definition) is 0. The third kappa shape index (κ3) is 3.38. The molecule has 1 aliphatic heterocycles. The van der Waals surface area contributed by atoms with Crippen LogP contribution in [-0.2, 0) is 4.79 Å². The molecule has 0 unspecified atom stereocenters. The molecule has 4 nitrogen and oxygen atoms in total. The van der Waals surface area contributed by atoms with Crippen LogP contribution in [0.25, 0.3) is 17.2 Å². The second-order valence-electron chi connectivity index (χ2n) is 6.50. The Kier molecular flexibility index (Phi) is 4.52. The number of nitrogens with zero attached hydrogens (tertiary/aromatic N) is 2. The van der Waals surface area contributed by atoms with Crippen molar-refractivity contribution in [3.63, 3.8) is 0 Å². The number of rotatable bonds is 3. The summed E-state index contributed by atoms with van der Waals surface area (Å²) >= 11 is 0.